The Kier molecular flexibility index (Phi) is 6.98. The molecule has 7 heteroatoms. The molecule has 1 N–H and O–H groups in total. The van der Waals surface area contributed by atoms with Crippen LogP contribution in [0.4, 0.5) is 4.79 Å². The lowest BCUT2D eigenvalue weighted by molar-refractivity contribution is -0.126. The molecule has 160 valence electrons. The highest BCUT2D eigenvalue weighted by molar-refractivity contribution is 5.80. The van der Waals surface area contributed by atoms with Crippen LogP contribution >= 0.6 is 0 Å². The van der Waals surface area contributed by atoms with Crippen LogP contribution in [0.2, 0.25) is 0 Å². The Morgan fingerprint density at radius 2 is 1.97 bits per heavy atom. The molecule has 1 unspecified atom stereocenters. The maximum Gasteiger partial charge on any atom is 0.410 e. The Morgan fingerprint density at radius 3 is 2.69 bits per heavy atom. The second-order valence-electron chi connectivity index (χ2n) is 8.98. The quantitative estimate of drug-likeness (QED) is 0.811. The topological polar surface area (TPSA) is 80.8 Å². The lowest BCUT2D eigenvalue weighted by Gasteiger charge is -2.33. The van der Waals surface area contributed by atoms with E-state index >= 15 is 0 Å². The average Bonchev–Trinajstić information content (AvgIpc) is 3.19. The van der Waals surface area contributed by atoms with Crippen LogP contribution in [0.25, 0.3) is 0 Å². The standard InChI is InChI=1S/C22H33N3O4/c1-22(2,3)29-21(27)25-13-7-9-17(15-25)19(26)24-14-16-8-6-12-23-20(16)28-18-10-4-5-11-18/h6,8,12,17-18H,4-5,7,9-11,13-15H2,1-3H3,(H,24,26). The summed E-state index contributed by atoms with van der Waals surface area (Å²) in [5.74, 6) is 0.333. The first-order valence-electron chi connectivity index (χ1n) is 10.7. The van der Waals surface area contributed by atoms with Gasteiger partial charge in [-0.05, 0) is 65.4 Å². The van der Waals surface area contributed by atoms with Gasteiger partial charge in [-0.2, -0.15) is 0 Å². The third-order valence-electron chi connectivity index (χ3n) is 5.33. The normalized spacial score (nSPS) is 20.4. The fourth-order valence-corrected chi connectivity index (χ4v) is 3.84. The summed E-state index contributed by atoms with van der Waals surface area (Å²) in [5.41, 5.74) is 0.343. The van der Waals surface area contributed by atoms with Crippen molar-refractivity contribution < 1.29 is 19.1 Å². The number of hydrogen-bond donors (Lipinski definition) is 1. The first-order valence-corrected chi connectivity index (χ1v) is 10.7. The molecular formula is C22H33N3O4. The summed E-state index contributed by atoms with van der Waals surface area (Å²) in [6, 6.07) is 3.79. The van der Waals surface area contributed by atoms with E-state index in [-0.39, 0.29) is 24.0 Å². The zero-order valence-electron chi connectivity index (χ0n) is 17.8. The number of aromatic nitrogens is 1. The molecule has 1 saturated heterocycles. The van der Waals surface area contributed by atoms with Crippen molar-refractivity contribution in [2.75, 3.05) is 13.1 Å². The molecule has 1 saturated carbocycles. The molecule has 1 atom stereocenters. The van der Waals surface area contributed by atoms with E-state index in [9.17, 15) is 9.59 Å². The van der Waals surface area contributed by atoms with Crippen LogP contribution in [0.5, 0.6) is 5.88 Å². The summed E-state index contributed by atoms with van der Waals surface area (Å²) in [5, 5.41) is 3.00. The summed E-state index contributed by atoms with van der Waals surface area (Å²) < 4.78 is 11.5. The second-order valence-corrected chi connectivity index (χ2v) is 8.98. The van der Waals surface area contributed by atoms with Crippen LogP contribution in [0.15, 0.2) is 18.3 Å². The van der Waals surface area contributed by atoms with E-state index in [0.29, 0.717) is 25.5 Å². The van der Waals surface area contributed by atoms with Crippen LogP contribution in [0.1, 0.15) is 64.9 Å². The van der Waals surface area contributed by atoms with Crippen molar-refractivity contribution >= 4 is 12.0 Å². The Morgan fingerprint density at radius 1 is 1.21 bits per heavy atom. The number of likely N-dealkylation sites (tertiary alicyclic amines) is 1. The molecule has 2 aliphatic rings. The number of piperidine rings is 1. The molecule has 3 rings (SSSR count). The molecule has 1 aromatic rings. The van der Waals surface area contributed by atoms with Crippen molar-refractivity contribution in [1.29, 1.82) is 0 Å². The van der Waals surface area contributed by atoms with Crippen molar-refractivity contribution in [3.8, 4) is 5.88 Å². The summed E-state index contributed by atoms with van der Waals surface area (Å²) in [4.78, 5) is 31.0. The molecule has 2 fully saturated rings. The summed E-state index contributed by atoms with van der Waals surface area (Å²) in [6.45, 7) is 6.92. The van der Waals surface area contributed by atoms with Gasteiger partial charge in [0.05, 0.1) is 5.92 Å². The van der Waals surface area contributed by atoms with Crippen molar-refractivity contribution in [3.63, 3.8) is 0 Å². The SMILES string of the molecule is CC(C)(C)OC(=O)N1CCCC(C(=O)NCc2cccnc2OC2CCCC2)C1. The van der Waals surface area contributed by atoms with Crippen LogP contribution in [0, 0.1) is 5.92 Å². The number of pyridine rings is 1. The number of amides is 2. The maximum absolute atomic E-state index is 12.7. The zero-order valence-corrected chi connectivity index (χ0v) is 17.8. The first-order chi connectivity index (χ1) is 13.8. The highest BCUT2D eigenvalue weighted by Gasteiger charge is 2.31. The number of carbonyl (C=O) groups excluding carboxylic acids is 2. The fraction of sp³-hybridized carbons (Fsp3) is 0.682. The van der Waals surface area contributed by atoms with E-state index in [0.717, 1.165) is 31.2 Å². The molecule has 1 aromatic heterocycles. The molecule has 1 aliphatic heterocycles. The Hall–Kier alpha value is -2.31. The van der Waals surface area contributed by atoms with Crippen LogP contribution < -0.4 is 10.1 Å². The van der Waals surface area contributed by atoms with Crippen LogP contribution in [-0.2, 0) is 16.1 Å². The van der Waals surface area contributed by atoms with Gasteiger partial charge < -0.3 is 19.7 Å². The third kappa shape index (κ3) is 6.34. The molecule has 0 bridgehead atoms. The van der Waals surface area contributed by atoms with Crippen LogP contribution in [0.3, 0.4) is 0 Å². The van der Waals surface area contributed by atoms with Crippen molar-refractivity contribution in [2.45, 2.75) is 77.5 Å². The lowest BCUT2D eigenvalue weighted by Crippen LogP contribution is -2.46. The zero-order chi connectivity index (χ0) is 20.9. The van der Waals surface area contributed by atoms with E-state index in [1.54, 1.807) is 11.1 Å². The number of nitrogens with zero attached hydrogens (tertiary/aromatic N) is 2. The summed E-state index contributed by atoms with van der Waals surface area (Å²) in [6.07, 6.45) is 7.66. The summed E-state index contributed by atoms with van der Waals surface area (Å²) in [7, 11) is 0. The van der Waals surface area contributed by atoms with Gasteiger partial charge >= 0.3 is 6.09 Å². The average molecular weight is 404 g/mol. The van der Waals surface area contributed by atoms with Crippen molar-refractivity contribution in [2.24, 2.45) is 5.92 Å². The smallest absolute Gasteiger partial charge is 0.410 e. The van der Waals surface area contributed by atoms with Gasteiger partial charge in [-0.25, -0.2) is 9.78 Å². The van der Waals surface area contributed by atoms with Gasteiger partial charge in [0.1, 0.15) is 11.7 Å². The van der Waals surface area contributed by atoms with E-state index < -0.39 is 5.60 Å². The van der Waals surface area contributed by atoms with Gasteiger partial charge in [0, 0.05) is 31.4 Å². The summed E-state index contributed by atoms with van der Waals surface area (Å²) >= 11 is 0. The minimum Gasteiger partial charge on any atom is -0.474 e. The minimum atomic E-state index is -0.539. The van der Waals surface area contributed by atoms with Crippen LogP contribution in [-0.4, -0.2) is 46.7 Å². The number of rotatable bonds is 5. The number of hydrogen-bond acceptors (Lipinski definition) is 5. The third-order valence-corrected chi connectivity index (χ3v) is 5.33. The number of nitrogens with one attached hydrogen (secondary N) is 1. The Balaban J connectivity index is 1.53. The lowest BCUT2D eigenvalue weighted by atomic mass is 9.97. The predicted molar refractivity (Wildman–Crippen MR) is 109 cm³/mol. The van der Waals surface area contributed by atoms with E-state index in [1.807, 2.05) is 32.9 Å². The molecule has 0 radical (unpaired) electrons. The highest BCUT2D eigenvalue weighted by atomic mass is 16.6. The van der Waals surface area contributed by atoms with E-state index in [4.69, 9.17) is 9.47 Å². The monoisotopic (exact) mass is 403 g/mol. The van der Waals surface area contributed by atoms with Gasteiger partial charge in [-0.15, -0.1) is 0 Å². The molecule has 1 aliphatic carbocycles. The molecular weight excluding hydrogens is 370 g/mol. The van der Waals surface area contributed by atoms with Gasteiger partial charge in [0.2, 0.25) is 11.8 Å². The van der Waals surface area contributed by atoms with Gasteiger partial charge in [0.15, 0.2) is 0 Å². The molecule has 7 nitrogen and oxygen atoms in total. The molecule has 0 aromatic carbocycles. The highest BCUT2D eigenvalue weighted by Crippen LogP contribution is 2.25. The van der Waals surface area contributed by atoms with Gasteiger partial charge in [-0.3, -0.25) is 4.79 Å². The largest absolute Gasteiger partial charge is 0.474 e. The molecule has 0 spiro atoms. The molecule has 2 heterocycles. The minimum absolute atomic E-state index is 0.0473. The van der Waals surface area contributed by atoms with Gasteiger partial charge in [-0.1, -0.05) is 6.07 Å². The number of carbonyl (C=O) groups is 2. The first kappa shape index (κ1) is 21.4. The van der Waals surface area contributed by atoms with E-state index in [1.165, 1.54) is 12.8 Å². The predicted octanol–water partition coefficient (Wildman–Crippen LogP) is 3.67. The van der Waals surface area contributed by atoms with E-state index in [2.05, 4.69) is 10.3 Å². The molecule has 29 heavy (non-hydrogen) atoms. The number of ether oxygens (including phenoxy) is 2. The fourth-order valence-electron chi connectivity index (χ4n) is 3.84. The molecule has 2 amide bonds. The van der Waals surface area contributed by atoms with Gasteiger partial charge in [0.25, 0.3) is 0 Å². The maximum atomic E-state index is 12.7. The van der Waals surface area contributed by atoms with Crippen molar-refractivity contribution in [1.82, 2.24) is 15.2 Å². The second kappa shape index (κ2) is 9.46. The Labute approximate surface area is 173 Å². The Bertz CT molecular complexity index is 710. The van der Waals surface area contributed by atoms with Crippen molar-refractivity contribution in [3.05, 3.63) is 23.9 Å².